The average molecular weight is 418 g/mol. The molecule has 160 valence electrons. The molecule has 0 unspecified atom stereocenters. The number of nitrogens with one attached hydrogen (secondary N) is 2. The monoisotopic (exact) mass is 417 g/mol. The predicted molar refractivity (Wildman–Crippen MR) is 118 cm³/mol. The fourth-order valence-corrected chi connectivity index (χ4v) is 4.96. The first-order chi connectivity index (χ1) is 15.1. The Kier molecular flexibility index (Phi) is 5.14. The number of ether oxygens (including phenoxy) is 1. The van der Waals surface area contributed by atoms with Crippen molar-refractivity contribution in [1.29, 1.82) is 0 Å². The van der Waals surface area contributed by atoms with Crippen LogP contribution in [0.2, 0.25) is 0 Å². The molecule has 5 rings (SSSR count). The third-order valence-corrected chi connectivity index (χ3v) is 6.61. The first-order valence-corrected chi connectivity index (χ1v) is 10.8. The van der Waals surface area contributed by atoms with E-state index >= 15 is 0 Å². The van der Waals surface area contributed by atoms with Crippen LogP contribution < -0.4 is 15.4 Å². The topological polar surface area (TPSA) is 76.4 Å². The summed E-state index contributed by atoms with van der Waals surface area (Å²) in [7, 11) is 1.64. The lowest BCUT2D eigenvalue weighted by Gasteiger charge is -2.57. The van der Waals surface area contributed by atoms with E-state index in [0.717, 1.165) is 54.1 Å². The number of carbonyl (C=O) groups excluding carboxylic acids is 1. The third-order valence-electron chi connectivity index (χ3n) is 6.61. The van der Waals surface area contributed by atoms with Gasteiger partial charge in [0.1, 0.15) is 17.7 Å². The number of nitrogens with zero attached hydrogens (tertiary/aromatic N) is 1. The SMILES string of the molecule is COc1ccc(CNC(=O)NC2CC3(C2)CC(c2nc(-c4ccccc4)co2)C3)cc1. The third kappa shape index (κ3) is 4.15. The summed E-state index contributed by atoms with van der Waals surface area (Å²) < 4.78 is 10.9. The predicted octanol–water partition coefficient (Wildman–Crippen LogP) is 4.88. The molecule has 1 heterocycles. The highest BCUT2D eigenvalue weighted by Gasteiger charge is 2.54. The summed E-state index contributed by atoms with van der Waals surface area (Å²) in [5, 5.41) is 6.03. The molecule has 2 saturated carbocycles. The van der Waals surface area contributed by atoms with Gasteiger partial charge in [0, 0.05) is 24.1 Å². The Balaban J connectivity index is 1.05. The molecule has 0 atom stereocenters. The van der Waals surface area contributed by atoms with E-state index in [0.29, 0.717) is 17.9 Å². The highest BCUT2D eigenvalue weighted by Crippen LogP contribution is 2.61. The van der Waals surface area contributed by atoms with E-state index in [1.165, 1.54) is 0 Å². The standard InChI is InChI=1S/C25H27N3O3/c1-30-21-9-7-17(8-10-21)15-26-24(29)27-20-13-25(14-20)11-19(12-25)23-28-22(16-31-23)18-5-3-2-4-6-18/h2-10,16,19-20H,11-15H2,1H3,(H2,26,27,29). The van der Waals surface area contributed by atoms with Crippen LogP contribution in [0.4, 0.5) is 4.79 Å². The molecule has 2 aliphatic carbocycles. The van der Waals surface area contributed by atoms with Crippen molar-refractivity contribution < 1.29 is 13.9 Å². The van der Waals surface area contributed by atoms with E-state index < -0.39 is 0 Å². The van der Waals surface area contributed by atoms with E-state index in [-0.39, 0.29) is 12.1 Å². The summed E-state index contributed by atoms with van der Waals surface area (Å²) in [4.78, 5) is 16.9. The van der Waals surface area contributed by atoms with Gasteiger partial charge in [-0.25, -0.2) is 9.78 Å². The zero-order valence-corrected chi connectivity index (χ0v) is 17.6. The number of amides is 2. The molecular formula is C25H27N3O3. The number of carbonyl (C=O) groups is 1. The van der Waals surface area contributed by atoms with Gasteiger partial charge < -0.3 is 19.8 Å². The lowest BCUT2D eigenvalue weighted by Crippen LogP contribution is -2.57. The molecule has 0 aliphatic heterocycles. The van der Waals surface area contributed by atoms with Crippen molar-refractivity contribution in [2.75, 3.05) is 7.11 Å². The van der Waals surface area contributed by atoms with Crippen molar-refractivity contribution >= 4 is 6.03 Å². The molecule has 6 nitrogen and oxygen atoms in total. The van der Waals surface area contributed by atoms with Gasteiger partial charge in [0.05, 0.1) is 7.11 Å². The number of oxazole rings is 1. The minimum atomic E-state index is -0.105. The molecular weight excluding hydrogens is 390 g/mol. The molecule has 2 aliphatic rings. The number of methoxy groups -OCH3 is 1. The molecule has 6 heteroatoms. The average Bonchev–Trinajstić information content (AvgIpc) is 3.23. The van der Waals surface area contributed by atoms with Gasteiger partial charge in [-0.15, -0.1) is 0 Å². The molecule has 0 bridgehead atoms. The molecule has 1 aromatic heterocycles. The minimum Gasteiger partial charge on any atom is -0.497 e. The van der Waals surface area contributed by atoms with Crippen molar-refractivity contribution in [3.8, 4) is 17.0 Å². The molecule has 3 aromatic rings. The van der Waals surface area contributed by atoms with Crippen LogP contribution in [0.15, 0.2) is 65.3 Å². The van der Waals surface area contributed by atoms with Crippen molar-refractivity contribution in [1.82, 2.24) is 15.6 Å². The Bertz CT molecular complexity index is 1030. The summed E-state index contributed by atoms with van der Waals surface area (Å²) in [5.74, 6) is 2.05. The van der Waals surface area contributed by atoms with E-state index in [2.05, 4.69) is 10.6 Å². The zero-order valence-electron chi connectivity index (χ0n) is 17.6. The first-order valence-electron chi connectivity index (χ1n) is 10.8. The largest absolute Gasteiger partial charge is 0.497 e. The number of hydrogen-bond acceptors (Lipinski definition) is 4. The highest BCUT2D eigenvalue weighted by atomic mass is 16.5. The Hall–Kier alpha value is -3.28. The summed E-state index contributed by atoms with van der Waals surface area (Å²) in [6, 6.07) is 18.0. The number of urea groups is 1. The highest BCUT2D eigenvalue weighted by molar-refractivity contribution is 5.74. The number of rotatable bonds is 6. The normalized spacial score (nSPS) is 24.2. The van der Waals surface area contributed by atoms with Crippen molar-refractivity contribution in [3.63, 3.8) is 0 Å². The van der Waals surface area contributed by atoms with Crippen LogP contribution in [0.5, 0.6) is 5.75 Å². The number of hydrogen-bond donors (Lipinski definition) is 2. The molecule has 2 aromatic carbocycles. The van der Waals surface area contributed by atoms with Crippen molar-refractivity contribution in [2.24, 2.45) is 5.41 Å². The maximum Gasteiger partial charge on any atom is 0.315 e. The Morgan fingerprint density at radius 3 is 2.55 bits per heavy atom. The lowest BCUT2D eigenvalue weighted by molar-refractivity contribution is -0.0241. The van der Waals surface area contributed by atoms with E-state index in [1.807, 2.05) is 54.6 Å². The van der Waals surface area contributed by atoms with Crippen molar-refractivity contribution in [2.45, 2.75) is 44.2 Å². The van der Waals surface area contributed by atoms with E-state index in [9.17, 15) is 4.79 Å². The molecule has 2 fully saturated rings. The fourth-order valence-electron chi connectivity index (χ4n) is 4.96. The van der Waals surface area contributed by atoms with Crippen molar-refractivity contribution in [3.05, 3.63) is 72.3 Å². The quantitative estimate of drug-likeness (QED) is 0.600. The van der Waals surface area contributed by atoms with Crippen LogP contribution in [-0.4, -0.2) is 24.2 Å². The maximum absolute atomic E-state index is 12.2. The Morgan fingerprint density at radius 1 is 1.10 bits per heavy atom. The Labute approximate surface area is 182 Å². The molecule has 0 saturated heterocycles. The van der Waals surface area contributed by atoms with Crippen LogP contribution in [0.3, 0.4) is 0 Å². The lowest BCUT2D eigenvalue weighted by atomic mass is 9.50. The molecule has 0 radical (unpaired) electrons. The van der Waals surface area contributed by atoms with Gasteiger partial charge in [0.2, 0.25) is 0 Å². The fraction of sp³-hybridized carbons (Fsp3) is 0.360. The summed E-state index contributed by atoms with van der Waals surface area (Å²) in [6.07, 6.45) is 6.01. The zero-order chi connectivity index (χ0) is 21.3. The number of benzene rings is 2. The van der Waals surface area contributed by atoms with Crippen LogP contribution >= 0.6 is 0 Å². The maximum atomic E-state index is 12.2. The van der Waals surface area contributed by atoms with Gasteiger partial charge in [-0.2, -0.15) is 0 Å². The van der Waals surface area contributed by atoms with E-state index in [4.69, 9.17) is 14.1 Å². The van der Waals surface area contributed by atoms with Crippen LogP contribution in [0.1, 0.15) is 43.1 Å². The smallest absolute Gasteiger partial charge is 0.315 e. The van der Waals surface area contributed by atoms with Crippen LogP contribution in [0.25, 0.3) is 11.3 Å². The van der Waals surface area contributed by atoms with Crippen LogP contribution in [-0.2, 0) is 6.54 Å². The Morgan fingerprint density at radius 2 is 1.84 bits per heavy atom. The molecule has 2 N–H and O–H groups in total. The van der Waals surface area contributed by atoms with Gasteiger partial charge >= 0.3 is 6.03 Å². The van der Waals surface area contributed by atoms with Gasteiger partial charge in [-0.05, 0) is 48.8 Å². The second-order valence-corrected chi connectivity index (χ2v) is 8.82. The minimum absolute atomic E-state index is 0.105. The first kappa shape index (κ1) is 19.7. The molecule has 31 heavy (non-hydrogen) atoms. The molecule has 2 amide bonds. The second-order valence-electron chi connectivity index (χ2n) is 8.82. The van der Waals surface area contributed by atoms with Gasteiger partial charge in [-0.3, -0.25) is 0 Å². The molecule has 1 spiro atoms. The summed E-state index contributed by atoms with van der Waals surface area (Å²) >= 11 is 0. The number of aromatic nitrogens is 1. The van der Waals surface area contributed by atoms with Gasteiger partial charge in [0.15, 0.2) is 5.89 Å². The van der Waals surface area contributed by atoms with E-state index in [1.54, 1.807) is 13.4 Å². The van der Waals surface area contributed by atoms with Crippen LogP contribution in [0, 0.1) is 5.41 Å². The van der Waals surface area contributed by atoms with Gasteiger partial charge in [0.25, 0.3) is 0 Å². The summed E-state index contributed by atoms with van der Waals surface area (Å²) in [5.41, 5.74) is 3.38. The van der Waals surface area contributed by atoms with Gasteiger partial charge in [-0.1, -0.05) is 42.5 Å². The second kappa shape index (κ2) is 8.10. The summed E-state index contributed by atoms with van der Waals surface area (Å²) in [6.45, 7) is 0.504.